The van der Waals surface area contributed by atoms with E-state index in [1.54, 1.807) is 27.0 Å². The minimum absolute atomic E-state index is 0.196. The molecule has 3 aromatic heterocycles. The van der Waals surface area contributed by atoms with Crippen LogP contribution in [0.2, 0.25) is 0 Å². The van der Waals surface area contributed by atoms with Crippen LogP contribution in [0.15, 0.2) is 12.3 Å². The number of nitrogens with one attached hydrogen (secondary N) is 2. The third-order valence-corrected chi connectivity index (χ3v) is 11.7. The lowest BCUT2D eigenvalue weighted by Crippen LogP contribution is -2.38. The van der Waals surface area contributed by atoms with E-state index in [0.29, 0.717) is 23.2 Å². The molecule has 2 aliphatic carbocycles. The van der Waals surface area contributed by atoms with Gasteiger partial charge in [-0.05, 0) is 72.8 Å². The molecule has 3 aromatic rings. The number of thiazole rings is 1. The largest absolute Gasteiger partial charge is 0.390 e. The van der Waals surface area contributed by atoms with Gasteiger partial charge in [-0.25, -0.2) is 18.4 Å². The van der Waals surface area contributed by atoms with Gasteiger partial charge in [0.25, 0.3) is 0 Å². The Balaban J connectivity index is 1.50. The minimum Gasteiger partial charge on any atom is -0.390 e. The highest BCUT2D eigenvalue weighted by molar-refractivity contribution is 7.92. The van der Waals surface area contributed by atoms with E-state index < -0.39 is 38.8 Å². The zero-order valence-corrected chi connectivity index (χ0v) is 24.9. The summed E-state index contributed by atoms with van der Waals surface area (Å²) in [5.74, 6) is 0.780. The molecule has 212 valence electrons. The number of fused-ring (bicyclic) bond motifs is 1. The number of anilines is 2. The number of aliphatic hydroxyl groups is 2. The summed E-state index contributed by atoms with van der Waals surface area (Å²) < 4.78 is 25.8. The quantitative estimate of drug-likeness (QED) is 0.313. The second-order valence-electron chi connectivity index (χ2n) is 12.0. The standard InChI is InChI=1S/C27H38N6O4S2/c1-13(16-7-8-16)29-26-30-14(2)20(25-32-21-15(3)28-10-9-19(21)38-25)24(33-26)31-18-11-17(22(34)23(18)35)12-39(36,37)27(4,5)6/h9-10,13,16-18,22-23,34-35H,7-8,11-12H2,1-6H3,(H2,29,30,31,33)/t13-,17-,18?,22-,23+/m1/s1. The molecule has 0 amide bonds. The zero-order chi connectivity index (χ0) is 28.3. The molecule has 12 heteroatoms. The van der Waals surface area contributed by atoms with Gasteiger partial charge < -0.3 is 20.8 Å². The summed E-state index contributed by atoms with van der Waals surface area (Å²) in [6.07, 6.45) is 2.08. The van der Waals surface area contributed by atoms with Crippen LogP contribution in [0.3, 0.4) is 0 Å². The van der Waals surface area contributed by atoms with Crippen LogP contribution < -0.4 is 10.6 Å². The first-order valence-corrected chi connectivity index (χ1v) is 15.9. The average Bonchev–Trinajstić information content (AvgIpc) is 3.55. The van der Waals surface area contributed by atoms with E-state index in [1.807, 2.05) is 19.9 Å². The molecule has 4 N–H and O–H groups in total. The Hall–Kier alpha value is -2.41. The van der Waals surface area contributed by atoms with E-state index in [4.69, 9.17) is 15.0 Å². The lowest BCUT2D eigenvalue weighted by Gasteiger charge is -2.23. The molecule has 0 saturated heterocycles. The number of pyridine rings is 1. The Morgan fingerprint density at radius 2 is 1.82 bits per heavy atom. The highest BCUT2D eigenvalue weighted by Gasteiger charge is 2.45. The van der Waals surface area contributed by atoms with E-state index in [1.165, 1.54) is 24.2 Å². The van der Waals surface area contributed by atoms with Crippen molar-refractivity contribution in [3.8, 4) is 10.6 Å². The van der Waals surface area contributed by atoms with Gasteiger partial charge in [0.2, 0.25) is 5.95 Å². The maximum atomic E-state index is 12.9. The smallest absolute Gasteiger partial charge is 0.225 e. The first-order chi connectivity index (χ1) is 18.2. The molecule has 2 aliphatic rings. The maximum Gasteiger partial charge on any atom is 0.225 e. The van der Waals surface area contributed by atoms with Gasteiger partial charge in [0.1, 0.15) is 22.4 Å². The highest BCUT2D eigenvalue weighted by atomic mass is 32.2. The van der Waals surface area contributed by atoms with Gasteiger partial charge >= 0.3 is 0 Å². The third kappa shape index (κ3) is 5.61. The fraction of sp³-hybridized carbons (Fsp3) is 0.630. The molecule has 5 rings (SSSR count). The van der Waals surface area contributed by atoms with Crippen LogP contribution in [-0.4, -0.2) is 73.4 Å². The average molecular weight is 575 g/mol. The topological polar surface area (TPSA) is 150 Å². The molecule has 0 radical (unpaired) electrons. The summed E-state index contributed by atoms with van der Waals surface area (Å²) in [6, 6.07) is 1.56. The maximum absolute atomic E-state index is 12.9. The molecule has 0 aliphatic heterocycles. The molecule has 2 fully saturated rings. The lowest BCUT2D eigenvalue weighted by atomic mass is 10.1. The summed E-state index contributed by atoms with van der Waals surface area (Å²) in [6.45, 7) is 10.9. The third-order valence-electron chi connectivity index (χ3n) is 7.97. The number of hydrogen-bond acceptors (Lipinski definition) is 11. The van der Waals surface area contributed by atoms with Gasteiger partial charge in [-0.15, -0.1) is 11.3 Å². The van der Waals surface area contributed by atoms with Crippen LogP contribution in [-0.2, 0) is 9.84 Å². The van der Waals surface area contributed by atoms with Gasteiger partial charge in [0.05, 0.1) is 44.3 Å². The molecule has 2 saturated carbocycles. The normalized spacial score (nSPS) is 24.7. The molecule has 0 aromatic carbocycles. The van der Waals surface area contributed by atoms with Crippen molar-refractivity contribution < 1.29 is 18.6 Å². The summed E-state index contributed by atoms with van der Waals surface area (Å²) in [7, 11) is -3.48. The molecule has 3 heterocycles. The molecule has 1 unspecified atom stereocenters. The van der Waals surface area contributed by atoms with Crippen molar-refractivity contribution in [1.82, 2.24) is 19.9 Å². The number of aryl methyl sites for hydroxylation is 2. The van der Waals surface area contributed by atoms with Gasteiger partial charge in [-0.1, -0.05) is 0 Å². The Morgan fingerprint density at radius 3 is 2.46 bits per heavy atom. The SMILES string of the molecule is Cc1nc(N[C@H](C)C2CC2)nc(NC2C[C@H](CS(=O)(=O)C(C)(C)C)[C@@H](O)[C@H]2O)c1-c1nc2c(C)nccc2s1. The van der Waals surface area contributed by atoms with Crippen LogP contribution in [0, 0.1) is 25.7 Å². The van der Waals surface area contributed by atoms with Crippen LogP contribution in [0.4, 0.5) is 11.8 Å². The van der Waals surface area contributed by atoms with Gasteiger partial charge in [-0.3, -0.25) is 4.98 Å². The molecular formula is C27H38N6O4S2. The molecule has 5 atom stereocenters. The van der Waals surface area contributed by atoms with Crippen molar-refractivity contribution >= 4 is 43.2 Å². The Kier molecular flexibility index (Phi) is 7.36. The Labute approximate surface area is 233 Å². The molecule has 0 bridgehead atoms. The predicted molar refractivity (Wildman–Crippen MR) is 155 cm³/mol. The second kappa shape index (κ2) is 10.2. The fourth-order valence-corrected chi connectivity index (χ4v) is 7.65. The van der Waals surface area contributed by atoms with E-state index in [9.17, 15) is 18.6 Å². The van der Waals surface area contributed by atoms with Gasteiger partial charge in [0, 0.05) is 18.2 Å². The van der Waals surface area contributed by atoms with E-state index in [2.05, 4.69) is 22.5 Å². The van der Waals surface area contributed by atoms with Crippen molar-refractivity contribution in [3.05, 3.63) is 23.7 Å². The van der Waals surface area contributed by atoms with Crippen molar-refractivity contribution in [2.75, 3.05) is 16.4 Å². The summed E-state index contributed by atoms with van der Waals surface area (Å²) >= 11 is 1.52. The number of sulfone groups is 1. The minimum atomic E-state index is -3.48. The van der Waals surface area contributed by atoms with Crippen molar-refractivity contribution in [2.24, 2.45) is 11.8 Å². The first-order valence-electron chi connectivity index (χ1n) is 13.5. The Morgan fingerprint density at radius 1 is 1.10 bits per heavy atom. The molecule has 10 nitrogen and oxygen atoms in total. The fourth-order valence-electron chi connectivity index (χ4n) is 5.14. The van der Waals surface area contributed by atoms with Crippen molar-refractivity contribution in [1.29, 1.82) is 0 Å². The summed E-state index contributed by atoms with van der Waals surface area (Å²) in [5.41, 5.74) is 3.09. The number of aromatic nitrogens is 4. The van der Waals surface area contributed by atoms with Gasteiger partial charge in [0.15, 0.2) is 9.84 Å². The molecule has 0 spiro atoms. The number of rotatable bonds is 8. The van der Waals surface area contributed by atoms with E-state index in [-0.39, 0.29) is 18.2 Å². The molecular weight excluding hydrogens is 536 g/mol. The van der Waals surface area contributed by atoms with E-state index >= 15 is 0 Å². The first kappa shape index (κ1) is 28.1. The number of hydrogen-bond donors (Lipinski definition) is 4. The van der Waals surface area contributed by atoms with Gasteiger partial charge in [-0.2, -0.15) is 4.98 Å². The van der Waals surface area contributed by atoms with E-state index in [0.717, 1.165) is 26.6 Å². The van der Waals surface area contributed by atoms with Crippen LogP contribution in [0.5, 0.6) is 0 Å². The highest BCUT2D eigenvalue weighted by Crippen LogP contribution is 2.40. The summed E-state index contributed by atoms with van der Waals surface area (Å²) in [5, 5.41) is 29.3. The zero-order valence-electron chi connectivity index (χ0n) is 23.3. The van der Waals surface area contributed by atoms with Crippen molar-refractivity contribution in [2.45, 2.75) is 89.8 Å². The monoisotopic (exact) mass is 574 g/mol. The predicted octanol–water partition coefficient (Wildman–Crippen LogP) is 3.71. The second-order valence-corrected chi connectivity index (χ2v) is 15.8. The Bertz CT molecular complexity index is 1480. The van der Waals surface area contributed by atoms with Crippen molar-refractivity contribution in [3.63, 3.8) is 0 Å². The summed E-state index contributed by atoms with van der Waals surface area (Å²) in [4.78, 5) is 18.8. The lowest BCUT2D eigenvalue weighted by molar-refractivity contribution is 0.0216. The van der Waals surface area contributed by atoms with Crippen LogP contribution in [0.1, 0.15) is 58.3 Å². The van der Waals surface area contributed by atoms with Crippen LogP contribution in [0.25, 0.3) is 20.8 Å². The number of nitrogens with zero attached hydrogens (tertiary/aromatic N) is 4. The number of aliphatic hydroxyl groups excluding tert-OH is 2. The molecule has 39 heavy (non-hydrogen) atoms. The van der Waals surface area contributed by atoms with Crippen LogP contribution >= 0.6 is 11.3 Å².